The second-order valence-corrected chi connectivity index (χ2v) is 7.58. The largest absolute Gasteiger partial charge is 0.493 e. The fourth-order valence-corrected chi connectivity index (χ4v) is 3.23. The maximum Gasteiger partial charge on any atom is 0.240 e. The molecule has 2 amide bonds. The summed E-state index contributed by atoms with van der Waals surface area (Å²) in [5, 5.41) is 6.78. The average Bonchev–Trinajstić information content (AvgIpc) is 2.74. The Labute approximate surface area is 190 Å². The molecule has 2 N–H and O–H groups in total. The molecule has 8 heteroatoms. The van der Waals surface area contributed by atoms with Crippen LogP contribution in [0.15, 0.2) is 52.6 Å². The first-order chi connectivity index (χ1) is 14.8. The number of benzene rings is 2. The molecule has 0 saturated carbocycles. The molecule has 0 unspecified atom stereocenters. The van der Waals surface area contributed by atoms with Crippen LogP contribution in [0.5, 0.6) is 11.5 Å². The number of methoxy groups -OCH3 is 1. The van der Waals surface area contributed by atoms with E-state index in [1.165, 1.54) is 13.3 Å². The highest BCUT2D eigenvalue weighted by Gasteiger charge is 2.11. The van der Waals surface area contributed by atoms with Crippen LogP contribution in [0.3, 0.4) is 0 Å². The average molecular weight is 488 g/mol. The summed E-state index contributed by atoms with van der Waals surface area (Å²) in [4.78, 5) is 24.1. The Morgan fingerprint density at radius 1 is 1.19 bits per heavy atom. The van der Waals surface area contributed by atoms with Crippen LogP contribution in [-0.4, -0.2) is 31.7 Å². The fourth-order valence-electron chi connectivity index (χ4n) is 2.66. The van der Waals surface area contributed by atoms with E-state index in [4.69, 9.17) is 9.47 Å². The lowest BCUT2D eigenvalue weighted by atomic mass is 10.1. The van der Waals surface area contributed by atoms with Crippen LogP contribution in [0.4, 0.5) is 5.69 Å². The topological polar surface area (TPSA) is 89.0 Å². The minimum Gasteiger partial charge on any atom is -0.493 e. The van der Waals surface area contributed by atoms with Gasteiger partial charge in [0.15, 0.2) is 11.5 Å². The van der Waals surface area contributed by atoms with Gasteiger partial charge in [-0.15, -0.1) is 0 Å². The van der Waals surface area contributed by atoms with Crippen LogP contribution in [0.25, 0.3) is 0 Å². The van der Waals surface area contributed by atoms with Crippen LogP contribution in [0, 0.1) is 13.8 Å². The van der Waals surface area contributed by atoms with Gasteiger partial charge in [-0.3, -0.25) is 9.59 Å². The van der Waals surface area contributed by atoms with Crippen LogP contribution in [0.1, 0.15) is 29.5 Å². The predicted molar refractivity (Wildman–Crippen MR) is 126 cm³/mol. The SMILES string of the molecule is C=CCOc1c(Br)cc(C=NNC(=O)CCC(=O)Nc2cccc(C)c2C)cc1OC. The third kappa shape index (κ3) is 7.25. The molecule has 2 rings (SSSR count). The Bertz CT molecular complexity index is 989. The van der Waals surface area contributed by atoms with Crippen LogP contribution in [0.2, 0.25) is 0 Å². The molecule has 164 valence electrons. The highest BCUT2D eigenvalue weighted by atomic mass is 79.9. The second kappa shape index (κ2) is 11.9. The molecule has 0 aliphatic carbocycles. The number of aryl methyl sites for hydroxylation is 1. The van der Waals surface area contributed by atoms with Crippen molar-refractivity contribution < 1.29 is 19.1 Å². The molecule has 0 radical (unpaired) electrons. The summed E-state index contributed by atoms with van der Waals surface area (Å²) >= 11 is 3.43. The van der Waals surface area contributed by atoms with Crippen molar-refractivity contribution in [2.75, 3.05) is 19.0 Å². The molecule has 0 bridgehead atoms. The number of rotatable bonds is 10. The van der Waals surface area contributed by atoms with Crippen LogP contribution < -0.4 is 20.2 Å². The monoisotopic (exact) mass is 487 g/mol. The van der Waals surface area contributed by atoms with E-state index in [-0.39, 0.29) is 24.7 Å². The summed E-state index contributed by atoms with van der Waals surface area (Å²) in [5.41, 5.74) is 5.97. The van der Waals surface area contributed by atoms with Gasteiger partial charge in [-0.2, -0.15) is 5.10 Å². The molecule has 31 heavy (non-hydrogen) atoms. The van der Waals surface area contributed by atoms with Gasteiger partial charge >= 0.3 is 0 Å². The maximum atomic E-state index is 12.1. The van der Waals surface area contributed by atoms with Crippen molar-refractivity contribution >= 4 is 39.6 Å². The molecule has 0 aromatic heterocycles. The van der Waals surface area contributed by atoms with Crippen molar-refractivity contribution in [1.29, 1.82) is 0 Å². The van der Waals surface area contributed by atoms with Crippen molar-refractivity contribution in [3.05, 3.63) is 64.1 Å². The van der Waals surface area contributed by atoms with Crippen molar-refractivity contribution in [2.45, 2.75) is 26.7 Å². The number of halogens is 1. The molecule has 2 aromatic rings. The zero-order chi connectivity index (χ0) is 22.8. The highest BCUT2D eigenvalue weighted by molar-refractivity contribution is 9.10. The molecule has 0 spiro atoms. The van der Waals surface area contributed by atoms with Gasteiger partial charge in [0.2, 0.25) is 11.8 Å². The first-order valence-corrected chi connectivity index (χ1v) is 10.4. The van der Waals surface area contributed by atoms with Gasteiger partial charge in [0, 0.05) is 18.5 Å². The molecule has 0 atom stereocenters. The van der Waals surface area contributed by atoms with Crippen LogP contribution in [-0.2, 0) is 9.59 Å². The van der Waals surface area contributed by atoms with Crippen LogP contribution >= 0.6 is 15.9 Å². The van der Waals surface area contributed by atoms with Gasteiger partial charge in [0.25, 0.3) is 0 Å². The van der Waals surface area contributed by atoms with E-state index in [0.29, 0.717) is 28.1 Å². The standard InChI is InChI=1S/C23H26BrN3O4/c1-5-11-31-23-18(24)12-17(13-20(23)30-4)14-25-27-22(29)10-9-21(28)26-19-8-6-7-15(2)16(19)3/h5-8,12-14H,1,9-11H2,2-4H3,(H,26,28)(H,27,29). The third-order valence-electron chi connectivity index (χ3n) is 4.46. The number of anilines is 1. The maximum absolute atomic E-state index is 12.1. The first-order valence-electron chi connectivity index (χ1n) is 9.65. The fraction of sp³-hybridized carbons (Fsp3) is 0.261. The zero-order valence-electron chi connectivity index (χ0n) is 17.8. The Morgan fingerprint density at radius 2 is 1.94 bits per heavy atom. The van der Waals surface area contributed by atoms with Crippen molar-refractivity contribution in [2.24, 2.45) is 5.10 Å². The number of ether oxygens (including phenoxy) is 2. The molecular formula is C23H26BrN3O4. The summed E-state index contributed by atoms with van der Waals surface area (Å²) in [7, 11) is 1.54. The predicted octanol–water partition coefficient (Wildman–Crippen LogP) is 4.51. The molecule has 0 aliphatic rings. The zero-order valence-corrected chi connectivity index (χ0v) is 19.4. The van der Waals surface area contributed by atoms with E-state index >= 15 is 0 Å². The van der Waals surface area contributed by atoms with Gasteiger partial charge in [-0.05, 0) is 64.7 Å². The Kier molecular flexibility index (Phi) is 9.27. The Hall–Kier alpha value is -3.13. The van der Waals surface area contributed by atoms with E-state index in [0.717, 1.165) is 16.8 Å². The van der Waals surface area contributed by atoms with E-state index in [1.807, 2.05) is 32.0 Å². The van der Waals surface area contributed by atoms with E-state index in [2.05, 4.69) is 38.4 Å². The Morgan fingerprint density at radius 3 is 2.65 bits per heavy atom. The Balaban J connectivity index is 1.88. The number of carbonyl (C=O) groups is 2. The van der Waals surface area contributed by atoms with E-state index in [1.54, 1.807) is 18.2 Å². The van der Waals surface area contributed by atoms with Gasteiger partial charge < -0.3 is 14.8 Å². The minimum absolute atomic E-state index is 0.0232. The molecule has 0 heterocycles. The van der Waals surface area contributed by atoms with E-state index in [9.17, 15) is 9.59 Å². The summed E-state index contributed by atoms with van der Waals surface area (Å²) in [5.74, 6) is 0.492. The lowest BCUT2D eigenvalue weighted by molar-refractivity contribution is -0.124. The third-order valence-corrected chi connectivity index (χ3v) is 5.05. The number of hydrogen-bond donors (Lipinski definition) is 2. The number of hydrazone groups is 1. The van der Waals surface area contributed by atoms with Gasteiger partial charge in [-0.25, -0.2) is 5.43 Å². The lowest BCUT2D eigenvalue weighted by Crippen LogP contribution is -2.21. The molecule has 0 aliphatic heterocycles. The second-order valence-electron chi connectivity index (χ2n) is 6.72. The van der Waals surface area contributed by atoms with Crippen molar-refractivity contribution in [3.8, 4) is 11.5 Å². The number of carbonyl (C=O) groups excluding carboxylic acids is 2. The molecule has 7 nitrogen and oxygen atoms in total. The smallest absolute Gasteiger partial charge is 0.240 e. The molecule has 0 fully saturated rings. The van der Waals surface area contributed by atoms with Gasteiger partial charge in [0.05, 0.1) is 17.8 Å². The number of nitrogens with one attached hydrogen (secondary N) is 2. The number of hydrogen-bond acceptors (Lipinski definition) is 5. The quantitative estimate of drug-likeness (QED) is 0.293. The summed E-state index contributed by atoms with van der Waals surface area (Å²) in [6.07, 6.45) is 3.20. The molecule has 2 aromatic carbocycles. The normalized spacial score (nSPS) is 10.6. The highest BCUT2D eigenvalue weighted by Crippen LogP contribution is 2.36. The first kappa shape index (κ1) is 24.1. The summed E-state index contributed by atoms with van der Waals surface area (Å²) in [6.45, 7) is 7.89. The summed E-state index contributed by atoms with van der Waals surface area (Å²) in [6, 6.07) is 9.21. The number of nitrogens with zero attached hydrogens (tertiary/aromatic N) is 1. The lowest BCUT2D eigenvalue weighted by Gasteiger charge is -2.12. The van der Waals surface area contributed by atoms with Crippen molar-refractivity contribution in [1.82, 2.24) is 5.43 Å². The minimum atomic E-state index is -0.357. The van der Waals surface area contributed by atoms with Gasteiger partial charge in [-0.1, -0.05) is 24.8 Å². The molecular weight excluding hydrogens is 462 g/mol. The van der Waals surface area contributed by atoms with Crippen molar-refractivity contribution in [3.63, 3.8) is 0 Å². The van der Waals surface area contributed by atoms with E-state index < -0.39 is 0 Å². The number of amides is 2. The summed E-state index contributed by atoms with van der Waals surface area (Å²) < 4.78 is 11.6. The molecule has 0 saturated heterocycles. The van der Waals surface area contributed by atoms with Gasteiger partial charge in [0.1, 0.15) is 6.61 Å².